The van der Waals surface area contributed by atoms with Gasteiger partial charge in [0.25, 0.3) is 0 Å². The second-order valence-corrected chi connectivity index (χ2v) is 31.5. The summed E-state index contributed by atoms with van der Waals surface area (Å²) in [6.45, 7) is 23.7. The summed E-state index contributed by atoms with van der Waals surface area (Å²) in [5.74, 6) is -1.21. The molecular weight excluding hydrogens is 1370 g/mol. The lowest BCUT2D eigenvalue weighted by Crippen LogP contribution is -2.44. The van der Waals surface area contributed by atoms with Gasteiger partial charge < -0.3 is 38.9 Å². The third-order valence-electron chi connectivity index (χ3n) is 19.2. The average molecular weight is 1460 g/mol. The molecule has 3 fully saturated rings. The summed E-state index contributed by atoms with van der Waals surface area (Å²) >= 11 is 6.33. The van der Waals surface area contributed by atoms with E-state index in [0.717, 1.165) is 75.8 Å². The second-order valence-electron chi connectivity index (χ2n) is 28.1. The highest BCUT2D eigenvalue weighted by Gasteiger charge is 2.46. The van der Waals surface area contributed by atoms with Crippen molar-refractivity contribution in [1.29, 1.82) is 0 Å². The number of carbonyl (C=O) groups excluding carboxylic acids is 6. The summed E-state index contributed by atoms with van der Waals surface area (Å²) in [5, 5.41) is 33.7. The molecule has 0 unspecified atom stereocenters. The number of aliphatic hydroxyl groups excluding tert-OH is 3. The van der Waals surface area contributed by atoms with Crippen LogP contribution in [0.2, 0.25) is 0 Å². The maximum atomic E-state index is 13.5. The number of Topliss-reactive ketones (excluding diaryl/α,β-unsaturated/α-hetero) is 3. The maximum absolute atomic E-state index is 13.5. The number of amides is 3. The molecule has 3 N–H and O–H groups in total. The van der Waals surface area contributed by atoms with Gasteiger partial charge in [-0.3, -0.25) is 28.8 Å². The molecule has 0 saturated carbocycles. The number of aryl methyl sites for hydroxylation is 9. The third-order valence-corrected chi connectivity index (χ3v) is 23.2. The van der Waals surface area contributed by atoms with E-state index in [4.69, 9.17) is 8.83 Å². The van der Waals surface area contributed by atoms with E-state index in [1.54, 1.807) is 50.7 Å². The van der Waals surface area contributed by atoms with Crippen molar-refractivity contribution in [3.63, 3.8) is 0 Å². The van der Waals surface area contributed by atoms with Gasteiger partial charge in [0.2, 0.25) is 23.6 Å². The Hall–Kier alpha value is -8.10. The second kappa shape index (κ2) is 34.5. The quantitative estimate of drug-likeness (QED) is 0.0507. The van der Waals surface area contributed by atoms with E-state index in [-0.39, 0.29) is 85.3 Å². The van der Waals surface area contributed by atoms with Crippen LogP contribution in [-0.2, 0) is 48.0 Å². The molecule has 0 spiro atoms. The minimum absolute atomic E-state index is 0.00473. The Bertz CT molecular complexity index is 3890. The van der Waals surface area contributed by atoms with E-state index in [9.17, 15) is 44.1 Å². The van der Waals surface area contributed by atoms with Crippen molar-refractivity contribution in [1.82, 2.24) is 44.6 Å². The Morgan fingerprint density at radius 1 is 0.451 bits per heavy atom. The minimum Gasteiger partial charge on any atom is -0.449 e. The molecule has 3 amide bonds. The van der Waals surface area contributed by atoms with Gasteiger partial charge in [0.05, 0.1) is 108 Å². The van der Waals surface area contributed by atoms with Crippen molar-refractivity contribution < 1.29 is 52.9 Å². The predicted molar refractivity (Wildman–Crippen MR) is 397 cm³/mol. The highest BCUT2D eigenvalue weighted by atomic mass is 32.1. The molecule has 6 aromatic heterocycles. The largest absolute Gasteiger partial charge is 0.449 e. The van der Waals surface area contributed by atoms with Crippen molar-refractivity contribution in [2.45, 2.75) is 195 Å². The highest BCUT2D eigenvalue weighted by molar-refractivity contribution is 7.14. The Kier molecular flexibility index (Phi) is 25.9. The van der Waals surface area contributed by atoms with Crippen molar-refractivity contribution in [3.05, 3.63) is 175 Å². The van der Waals surface area contributed by atoms with E-state index in [0.29, 0.717) is 68.1 Å². The zero-order valence-corrected chi connectivity index (χ0v) is 63.3. The van der Waals surface area contributed by atoms with Gasteiger partial charge in [-0.15, -0.1) is 45.3 Å². The van der Waals surface area contributed by atoms with Gasteiger partial charge in [-0.25, -0.2) is 29.9 Å². The van der Waals surface area contributed by atoms with Crippen molar-refractivity contribution in [3.8, 4) is 31.3 Å². The number of likely N-dealkylation sites (tertiary alicyclic amines) is 3. The van der Waals surface area contributed by atoms with Gasteiger partial charge in [0, 0.05) is 76.2 Å². The number of hydrogen-bond acceptors (Lipinski definition) is 21. The number of ketones is 3. The van der Waals surface area contributed by atoms with Crippen LogP contribution in [0.4, 0.5) is 0 Å². The van der Waals surface area contributed by atoms with Crippen LogP contribution >= 0.6 is 45.3 Å². The summed E-state index contributed by atoms with van der Waals surface area (Å²) in [4.78, 5) is 114. The summed E-state index contributed by atoms with van der Waals surface area (Å²) in [6.07, 6.45) is 4.54. The van der Waals surface area contributed by atoms with Crippen LogP contribution in [0.25, 0.3) is 31.3 Å². The Morgan fingerprint density at radius 3 is 1.11 bits per heavy atom. The molecule has 102 heavy (non-hydrogen) atoms. The Balaban J connectivity index is 0.000000165. The Labute approximate surface area is 612 Å². The number of hydrogen-bond donors (Lipinski definition) is 3. The lowest BCUT2D eigenvalue weighted by atomic mass is 9.91. The van der Waals surface area contributed by atoms with E-state index >= 15 is 0 Å². The van der Waals surface area contributed by atoms with Gasteiger partial charge in [-0.05, 0) is 105 Å². The number of oxazole rings is 2. The summed E-state index contributed by atoms with van der Waals surface area (Å²) in [5.41, 5.74) is 17.3. The summed E-state index contributed by atoms with van der Waals surface area (Å²) in [7, 11) is 0. The third kappa shape index (κ3) is 18.6. The lowest BCUT2D eigenvalue weighted by molar-refractivity contribution is -0.140. The normalized spacial score (nSPS) is 19.1. The molecule has 0 bridgehead atoms. The molecule has 9 heterocycles. The van der Waals surface area contributed by atoms with Crippen LogP contribution in [-0.4, -0.2) is 151 Å². The molecule has 3 aromatic carbocycles. The van der Waals surface area contributed by atoms with Crippen LogP contribution in [0.5, 0.6) is 0 Å². The van der Waals surface area contributed by atoms with E-state index in [1.165, 1.54) is 28.8 Å². The molecule has 3 saturated heterocycles. The summed E-state index contributed by atoms with van der Waals surface area (Å²) < 4.78 is 10.9. The van der Waals surface area contributed by atoms with Crippen molar-refractivity contribution in [2.24, 2.45) is 17.8 Å². The first-order valence-electron chi connectivity index (χ1n) is 35.0. The molecule has 3 aliphatic rings. The monoisotopic (exact) mass is 1460 g/mol. The Morgan fingerprint density at radius 2 is 0.814 bits per heavy atom. The fourth-order valence-electron chi connectivity index (χ4n) is 13.8. The molecule has 0 radical (unpaired) electrons. The van der Waals surface area contributed by atoms with Gasteiger partial charge in [0.1, 0.15) is 23.5 Å². The van der Waals surface area contributed by atoms with E-state index in [2.05, 4.69) is 66.3 Å². The number of aromatic nitrogens is 6. The standard InChI is InChI=1S/2C26H31N3O4S.C26H31N3O3S2/c1-15(2)24(21-13-33-17(4)28-21)26(32)29-12-20(30)11-22(29)23(31)10-7-18-5-8-19(9-6-18)25-16(3)27-14-34-25;2*1-15(2)23(25-28-16(3)13-33-25)26(32)29-12-20(30)11-21(29)22(31)10-7-18-5-8-19(9-6-18)24-17(4)27-14-34-24/h5-6,8-9,13-15,20,22,24,30H,7,10-12H2,1-4H3;2*5-6,8-9,13-15,20-21,23,30H,7,10-12H2,1-4H3/t20-,22+,24-;2*20-,21+,23-/m111/s1. The van der Waals surface area contributed by atoms with Crippen LogP contribution < -0.4 is 0 Å². The number of carbonyl (C=O) groups is 6. The number of benzene rings is 3. The zero-order chi connectivity index (χ0) is 73.2. The number of rotatable bonds is 24. The van der Waals surface area contributed by atoms with Crippen LogP contribution in [0.1, 0.15) is 165 Å². The minimum atomic E-state index is -0.709. The molecular formula is C78H93N9O11S4. The van der Waals surface area contributed by atoms with E-state index < -0.39 is 54.2 Å². The molecule has 9 aromatic rings. The fraction of sp³-hybridized carbons (Fsp3) is 0.462. The van der Waals surface area contributed by atoms with Crippen molar-refractivity contribution >= 4 is 80.4 Å². The van der Waals surface area contributed by atoms with E-state index in [1.807, 2.05) is 134 Å². The van der Waals surface area contributed by atoms with Crippen molar-refractivity contribution in [2.75, 3.05) is 19.6 Å². The van der Waals surface area contributed by atoms with Gasteiger partial charge in [-0.2, -0.15) is 0 Å². The number of nitrogens with zero attached hydrogens (tertiary/aromatic N) is 9. The first-order chi connectivity index (χ1) is 48.7. The molecule has 0 aliphatic carbocycles. The lowest BCUT2D eigenvalue weighted by Gasteiger charge is -2.29. The van der Waals surface area contributed by atoms with Crippen LogP contribution in [0.3, 0.4) is 0 Å². The maximum Gasteiger partial charge on any atom is 0.236 e. The highest BCUT2D eigenvalue weighted by Crippen LogP contribution is 2.37. The van der Waals surface area contributed by atoms with Gasteiger partial charge >= 0.3 is 0 Å². The van der Waals surface area contributed by atoms with Gasteiger partial charge in [-0.1, -0.05) is 114 Å². The first-order valence-corrected chi connectivity index (χ1v) is 38.5. The number of β-amino-alcohol motifs (C(OH)–C–C–N with tert-alkyl or cyclic N) is 3. The zero-order valence-electron chi connectivity index (χ0n) is 60.1. The molecule has 12 rings (SSSR count). The molecule has 540 valence electrons. The van der Waals surface area contributed by atoms with Crippen LogP contribution in [0.15, 0.2) is 116 Å². The number of thiazole rings is 4. The summed E-state index contributed by atoms with van der Waals surface area (Å²) in [6, 6.07) is 22.8. The predicted octanol–water partition coefficient (Wildman–Crippen LogP) is 13.4. The molecule has 20 nitrogen and oxygen atoms in total. The molecule has 3 aliphatic heterocycles. The topological polar surface area (TPSA) is 276 Å². The SMILES string of the molecule is Cc1coc([C@H](C(=O)N2C[C@H](O)C[C@H]2C(=O)CCc2ccc(-c3scnc3C)cc2)C(C)C)n1.Cc1csc([C@H](C(=O)N2C[C@H](O)C[C@H]2C(=O)CCc2ccc(-c3scnc3C)cc2)C(C)C)n1.Cc1nc([C@H](C(=O)N2C[C@H](O)C[C@H]2C(=O)CCc2ccc(-c3scnc3C)cc2)C(C)C)co1. The first kappa shape index (κ1) is 76.5. The molecule has 9 atom stereocenters. The molecule has 24 heteroatoms. The fourth-order valence-corrected chi connectivity index (χ4v) is 17.3. The van der Waals surface area contributed by atoms with Gasteiger partial charge in [0.15, 0.2) is 23.2 Å². The average Bonchev–Trinajstić information content (AvgIpc) is 2.41. The smallest absolute Gasteiger partial charge is 0.236 e. The van der Waals surface area contributed by atoms with Crippen LogP contribution in [0, 0.1) is 59.3 Å². The number of aliphatic hydroxyl groups is 3.